The van der Waals surface area contributed by atoms with Crippen molar-refractivity contribution in [1.29, 1.82) is 0 Å². The maximum atomic E-state index is 12.2. The van der Waals surface area contributed by atoms with Crippen LogP contribution in [0.2, 0.25) is 0 Å². The van der Waals surface area contributed by atoms with E-state index in [0.29, 0.717) is 13.0 Å². The molecule has 0 atom stereocenters. The number of para-hydroxylation sites is 2. The summed E-state index contributed by atoms with van der Waals surface area (Å²) in [5.74, 6) is 1.64. The highest BCUT2D eigenvalue weighted by Crippen LogP contribution is 2.16. The molecule has 0 fully saturated rings. The molecule has 0 aliphatic heterocycles. The molecule has 0 radical (unpaired) electrons. The Morgan fingerprint density at radius 1 is 1.21 bits per heavy atom. The van der Waals surface area contributed by atoms with Crippen molar-refractivity contribution in [2.45, 2.75) is 13.0 Å². The van der Waals surface area contributed by atoms with Gasteiger partial charge in [-0.3, -0.25) is 4.79 Å². The number of likely N-dealkylation sites (N-methyl/N-ethyl adjacent to an activating group) is 1. The van der Waals surface area contributed by atoms with Crippen molar-refractivity contribution in [2.75, 3.05) is 34.3 Å². The van der Waals surface area contributed by atoms with Gasteiger partial charge >= 0.3 is 0 Å². The Bertz CT molecular complexity index is 991. The fraction of sp³-hybridized carbons (Fsp3) is 0.304. The van der Waals surface area contributed by atoms with Crippen LogP contribution in [0, 0.1) is 0 Å². The van der Waals surface area contributed by atoms with Gasteiger partial charge in [-0.05, 0) is 50.0 Å². The van der Waals surface area contributed by atoms with Crippen LogP contribution < -0.4 is 10.1 Å². The van der Waals surface area contributed by atoms with Gasteiger partial charge in [0.2, 0.25) is 5.91 Å². The van der Waals surface area contributed by atoms with E-state index in [1.54, 1.807) is 19.3 Å². The quantitative estimate of drug-likeness (QED) is 0.569. The van der Waals surface area contributed by atoms with Gasteiger partial charge in [-0.2, -0.15) is 0 Å². The smallest absolute Gasteiger partial charge is 0.244 e. The van der Waals surface area contributed by atoms with Crippen LogP contribution in [0.25, 0.3) is 17.1 Å². The summed E-state index contributed by atoms with van der Waals surface area (Å²) in [6.45, 7) is 2.34. The van der Waals surface area contributed by atoms with Crippen LogP contribution in [0.1, 0.15) is 11.4 Å². The van der Waals surface area contributed by atoms with Gasteiger partial charge < -0.3 is 19.5 Å². The number of rotatable bonds is 9. The predicted molar refractivity (Wildman–Crippen MR) is 117 cm³/mol. The Hall–Kier alpha value is -3.12. The molecule has 3 aromatic rings. The van der Waals surface area contributed by atoms with E-state index in [9.17, 15) is 4.79 Å². The zero-order chi connectivity index (χ0) is 20.6. The molecule has 1 aromatic heterocycles. The molecule has 0 bridgehead atoms. The molecule has 0 aliphatic carbocycles. The lowest BCUT2D eigenvalue weighted by atomic mass is 10.2. The van der Waals surface area contributed by atoms with Crippen molar-refractivity contribution in [1.82, 2.24) is 19.8 Å². The van der Waals surface area contributed by atoms with E-state index in [2.05, 4.69) is 34.9 Å². The average molecular weight is 393 g/mol. The number of hydrogen-bond acceptors (Lipinski definition) is 4. The van der Waals surface area contributed by atoms with Crippen molar-refractivity contribution in [2.24, 2.45) is 0 Å². The van der Waals surface area contributed by atoms with E-state index in [1.165, 1.54) is 0 Å². The Kier molecular flexibility index (Phi) is 7.03. The largest absolute Gasteiger partial charge is 0.497 e. The normalized spacial score (nSPS) is 11.4. The number of carbonyl (C=O) groups excluding carboxylic acids is 1. The molecule has 0 saturated heterocycles. The molecule has 3 rings (SSSR count). The van der Waals surface area contributed by atoms with Crippen molar-refractivity contribution >= 4 is 23.0 Å². The summed E-state index contributed by atoms with van der Waals surface area (Å²) >= 11 is 0. The minimum atomic E-state index is -0.122. The minimum Gasteiger partial charge on any atom is -0.497 e. The molecule has 6 nitrogen and oxygen atoms in total. The topological polar surface area (TPSA) is 59.4 Å². The summed E-state index contributed by atoms with van der Waals surface area (Å²) in [4.78, 5) is 19.1. The van der Waals surface area contributed by atoms with Crippen LogP contribution in [-0.2, 0) is 17.8 Å². The van der Waals surface area contributed by atoms with Crippen molar-refractivity contribution in [3.63, 3.8) is 0 Å². The van der Waals surface area contributed by atoms with E-state index in [4.69, 9.17) is 9.72 Å². The number of benzene rings is 2. The number of nitrogens with one attached hydrogen (secondary N) is 1. The van der Waals surface area contributed by atoms with Gasteiger partial charge in [0.05, 0.1) is 18.1 Å². The summed E-state index contributed by atoms with van der Waals surface area (Å²) in [5, 5.41) is 2.95. The Labute approximate surface area is 171 Å². The zero-order valence-electron chi connectivity index (χ0n) is 17.3. The molecule has 6 heteroatoms. The van der Waals surface area contributed by atoms with Crippen LogP contribution in [0.5, 0.6) is 5.75 Å². The zero-order valence-corrected chi connectivity index (χ0v) is 17.3. The third-order valence-corrected chi connectivity index (χ3v) is 4.67. The first-order valence-electron chi connectivity index (χ1n) is 9.75. The average Bonchev–Trinajstić information content (AvgIpc) is 3.08. The van der Waals surface area contributed by atoms with Gasteiger partial charge in [-0.1, -0.05) is 24.3 Å². The van der Waals surface area contributed by atoms with Crippen LogP contribution in [-0.4, -0.2) is 54.7 Å². The highest BCUT2D eigenvalue weighted by molar-refractivity contribution is 5.91. The molecule has 1 amide bonds. The number of amides is 1. The first-order valence-corrected chi connectivity index (χ1v) is 9.75. The van der Waals surface area contributed by atoms with Crippen LogP contribution in [0.3, 0.4) is 0 Å². The Morgan fingerprint density at radius 2 is 2.03 bits per heavy atom. The highest BCUT2D eigenvalue weighted by Gasteiger charge is 2.10. The van der Waals surface area contributed by atoms with Crippen molar-refractivity contribution < 1.29 is 9.53 Å². The number of carbonyl (C=O) groups is 1. The van der Waals surface area contributed by atoms with Gasteiger partial charge in [0.25, 0.3) is 0 Å². The molecule has 0 unspecified atom stereocenters. The van der Waals surface area contributed by atoms with Gasteiger partial charge in [-0.15, -0.1) is 0 Å². The Balaban J connectivity index is 1.60. The maximum Gasteiger partial charge on any atom is 0.244 e. The third-order valence-electron chi connectivity index (χ3n) is 4.67. The lowest BCUT2D eigenvalue weighted by molar-refractivity contribution is -0.116. The second-order valence-electron chi connectivity index (χ2n) is 7.12. The predicted octanol–water partition coefficient (Wildman–Crippen LogP) is 2.98. The monoisotopic (exact) mass is 392 g/mol. The third kappa shape index (κ3) is 5.68. The molecule has 0 aliphatic rings. The van der Waals surface area contributed by atoms with Crippen LogP contribution in [0.15, 0.2) is 54.6 Å². The van der Waals surface area contributed by atoms with Gasteiger partial charge in [-0.25, -0.2) is 4.98 Å². The minimum absolute atomic E-state index is 0.122. The SMILES string of the molecule is COc1cccc(/C=C/C(=O)NCCc2nc3ccccc3n2CCN(C)C)c1. The molecule has 29 heavy (non-hydrogen) atoms. The molecule has 1 heterocycles. The fourth-order valence-corrected chi connectivity index (χ4v) is 3.14. The first-order chi connectivity index (χ1) is 14.1. The molecule has 2 aromatic carbocycles. The van der Waals surface area contributed by atoms with Crippen LogP contribution >= 0.6 is 0 Å². The second kappa shape index (κ2) is 9.89. The number of hydrogen-bond donors (Lipinski definition) is 1. The summed E-state index contributed by atoms with van der Waals surface area (Å²) in [7, 11) is 5.75. The van der Waals surface area contributed by atoms with Crippen LogP contribution in [0.4, 0.5) is 0 Å². The van der Waals surface area contributed by atoms with E-state index in [0.717, 1.165) is 41.3 Å². The lowest BCUT2D eigenvalue weighted by Crippen LogP contribution is -2.25. The number of ether oxygens (including phenoxy) is 1. The van der Waals surface area contributed by atoms with Crippen molar-refractivity contribution in [3.05, 3.63) is 66.0 Å². The number of fused-ring (bicyclic) bond motifs is 1. The standard InChI is InChI=1S/C23H28N4O2/c1-26(2)15-16-27-21-10-5-4-9-20(21)25-22(27)13-14-24-23(28)12-11-18-7-6-8-19(17-18)29-3/h4-12,17H,13-16H2,1-3H3,(H,24,28)/b12-11+. The fourth-order valence-electron chi connectivity index (χ4n) is 3.14. The second-order valence-corrected chi connectivity index (χ2v) is 7.12. The van der Waals surface area contributed by atoms with Crippen molar-refractivity contribution in [3.8, 4) is 5.75 Å². The summed E-state index contributed by atoms with van der Waals surface area (Å²) in [6, 6.07) is 15.7. The first kappa shape index (κ1) is 20.6. The summed E-state index contributed by atoms with van der Waals surface area (Å²) in [6.07, 6.45) is 4.01. The van der Waals surface area contributed by atoms with Gasteiger partial charge in [0.1, 0.15) is 11.6 Å². The van der Waals surface area contributed by atoms with E-state index in [-0.39, 0.29) is 5.91 Å². The number of methoxy groups -OCH3 is 1. The van der Waals surface area contributed by atoms with E-state index < -0.39 is 0 Å². The van der Waals surface area contributed by atoms with Gasteiger partial charge in [0, 0.05) is 32.1 Å². The lowest BCUT2D eigenvalue weighted by Gasteiger charge is -2.13. The molecule has 1 N–H and O–H groups in total. The molecular formula is C23H28N4O2. The molecular weight excluding hydrogens is 364 g/mol. The summed E-state index contributed by atoms with van der Waals surface area (Å²) in [5.41, 5.74) is 3.05. The maximum absolute atomic E-state index is 12.2. The van der Waals surface area contributed by atoms with E-state index in [1.807, 2.05) is 42.5 Å². The summed E-state index contributed by atoms with van der Waals surface area (Å²) < 4.78 is 7.44. The molecule has 0 spiro atoms. The molecule has 152 valence electrons. The number of nitrogens with zero attached hydrogens (tertiary/aromatic N) is 3. The van der Waals surface area contributed by atoms with Gasteiger partial charge in [0.15, 0.2) is 0 Å². The number of aromatic nitrogens is 2. The highest BCUT2D eigenvalue weighted by atomic mass is 16.5. The number of imidazole rings is 1. The van der Waals surface area contributed by atoms with E-state index >= 15 is 0 Å². The Morgan fingerprint density at radius 3 is 2.83 bits per heavy atom. The molecule has 0 saturated carbocycles.